The Hall–Kier alpha value is -3.86. The van der Waals surface area contributed by atoms with Crippen LogP contribution in [0.2, 0.25) is 0 Å². The summed E-state index contributed by atoms with van der Waals surface area (Å²) >= 11 is 0. The van der Waals surface area contributed by atoms with Crippen molar-refractivity contribution in [1.29, 1.82) is 0 Å². The van der Waals surface area contributed by atoms with E-state index in [1.807, 2.05) is 54.6 Å². The number of amides is 1. The molecule has 0 spiro atoms. The van der Waals surface area contributed by atoms with Gasteiger partial charge in [-0.25, -0.2) is 4.79 Å². The number of nitrogens with zero attached hydrogens (tertiary/aromatic N) is 1. The summed E-state index contributed by atoms with van der Waals surface area (Å²) in [4.78, 5) is 21.6. The predicted octanol–water partition coefficient (Wildman–Crippen LogP) is 3.98. The first-order valence-electron chi connectivity index (χ1n) is 10.9. The third-order valence-electron chi connectivity index (χ3n) is 6.12. The molecule has 184 valence electrons. The number of halogens is 3. The van der Waals surface area contributed by atoms with Crippen molar-refractivity contribution in [3.63, 3.8) is 0 Å². The van der Waals surface area contributed by atoms with Gasteiger partial charge < -0.3 is 20.5 Å². The maximum Gasteiger partial charge on any atom is 0.490 e. The van der Waals surface area contributed by atoms with Crippen molar-refractivity contribution < 1.29 is 32.6 Å². The van der Waals surface area contributed by atoms with Gasteiger partial charge in [0.1, 0.15) is 11.5 Å². The van der Waals surface area contributed by atoms with Crippen molar-refractivity contribution in [1.82, 2.24) is 20.8 Å². The monoisotopic (exact) mass is 488 g/mol. The molecule has 1 amide bonds. The van der Waals surface area contributed by atoms with Gasteiger partial charge in [0.25, 0.3) is 5.91 Å². The van der Waals surface area contributed by atoms with Gasteiger partial charge in [-0.2, -0.15) is 18.3 Å². The molecule has 1 aliphatic heterocycles. The summed E-state index contributed by atoms with van der Waals surface area (Å²) in [5.74, 6) is -0.877. The topological polar surface area (TPSA) is 116 Å². The fourth-order valence-electron chi connectivity index (χ4n) is 4.17. The highest BCUT2D eigenvalue weighted by molar-refractivity contribution is 5.94. The normalized spacial score (nSPS) is 20.6. The van der Waals surface area contributed by atoms with Crippen molar-refractivity contribution in [2.24, 2.45) is 5.92 Å². The molecule has 5 rings (SSSR count). The van der Waals surface area contributed by atoms with Crippen LogP contribution in [0.4, 0.5) is 13.2 Å². The van der Waals surface area contributed by atoms with Crippen molar-refractivity contribution >= 4 is 11.9 Å². The summed E-state index contributed by atoms with van der Waals surface area (Å²) in [5, 5.41) is 21.0. The second kappa shape index (κ2) is 9.79. The molecule has 11 heteroatoms. The van der Waals surface area contributed by atoms with Crippen LogP contribution in [-0.4, -0.2) is 52.0 Å². The number of aliphatic carboxylic acids is 1. The van der Waals surface area contributed by atoms with Gasteiger partial charge in [0.05, 0.1) is 11.2 Å². The van der Waals surface area contributed by atoms with E-state index in [1.165, 1.54) is 6.42 Å². The molecule has 8 nitrogen and oxygen atoms in total. The number of aromatic nitrogens is 2. The minimum Gasteiger partial charge on any atom is -0.475 e. The number of hydrogen-bond acceptors (Lipinski definition) is 5. The second-order valence-corrected chi connectivity index (χ2v) is 8.36. The first-order chi connectivity index (χ1) is 16.7. The number of carbonyl (C=O) groups excluding carboxylic acids is 1. The summed E-state index contributed by atoms with van der Waals surface area (Å²) < 4.78 is 37.8. The van der Waals surface area contributed by atoms with Gasteiger partial charge in [-0.15, -0.1) is 0 Å². The molecule has 2 unspecified atom stereocenters. The zero-order valence-electron chi connectivity index (χ0n) is 18.4. The van der Waals surface area contributed by atoms with E-state index in [-0.39, 0.29) is 11.4 Å². The Morgan fingerprint density at radius 1 is 1.11 bits per heavy atom. The van der Waals surface area contributed by atoms with Gasteiger partial charge >= 0.3 is 12.1 Å². The van der Waals surface area contributed by atoms with Gasteiger partial charge in [-0.3, -0.25) is 9.89 Å². The lowest BCUT2D eigenvalue weighted by molar-refractivity contribution is -0.192. The third-order valence-corrected chi connectivity index (χ3v) is 6.12. The lowest BCUT2D eigenvalue weighted by atomic mass is 9.69. The number of rotatable bonds is 5. The van der Waals surface area contributed by atoms with Crippen LogP contribution >= 0.6 is 0 Å². The Morgan fingerprint density at radius 2 is 1.80 bits per heavy atom. The number of H-pyrrole nitrogens is 1. The molecule has 2 heterocycles. The first kappa shape index (κ1) is 24.3. The second-order valence-electron chi connectivity index (χ2n) is 8.36. The van der Waals surface area contributed by atoms with E-state index in [4.69, 9.17) is 14.6 Å². The number of carbonyl (C=O) groups is 2. The SMILES string of the molecule is O=C(NC12CCC1CNC2)c1cc(-c2ccccc2Oc2ccccc2)[nH]n1.O=C(O)C(F)(F)F. The highest BCUT2D eigenvalue weighted by Gasteiger charge is 2.51. The van der Waals surface area contributed by atoms with Gasteiger partial charge in [-0.05, 0) is 49.1 Å². The number of para-hydroxylation sites is 2. The minimum absolute atomic E-state index is 0.0927. The van der Waals surface area contributed by atoms with Crippen LogP contribution < -0.4 is 15.4 Å². The summed E-state index contributed by atoms with van der Waals surface area (Å²) in [5.41, 5.74) is 1.92. The molecule has 1 saturated carbocycles. The van der Waals surface area contributed by atoms with E-state index in [0.717, 1.165) is 36.5 Å². The smallest absolute Gasteiger partial charge is 0.475 e. The molecule has 35 heavy (non-hydrogen) atoms. The van der Waals surface area contributed by atoms with Gasteiger partial charge in [-0.1, -0.05) is 30.3 Å². The molecule has 1 saturated heterocycles. The molecule has 2 aromatic carbocycles. The van der Waals surface area contributed by atoms with Crippen molar-refractivity contribution in [2.45, 2.75) is 24.6 Å². The molecule has 1 aliphatic carbocycles. The van der Waals surface area contributed by atoms with Crippen LogP contribution in [0.3, 0.4) is 0 Å². The fraction of sp³-hybridized carbons (Fsp3) is 0.292. The highest BCUT2D eigenvalue weighted by atomic mass is 19.4. The lowest BCUT2D eigenvalue weighted by Crippen LogP contribution is -2.60. The van der Waals surface area contributed by atoms with Crippen molar-refractivity contribution in [2.75, 3.05) is 13.1 Å². The van der Waals surface area contributed by atoms with E-state index >= 15 is 0 Å². The predicted molar refractivity (Wildman–Crippen MR) is 120 cm³/mol. The minimum atomic E-state index is -5.08. The number of benzene rings is 2. The van der Waals surface area contributed by atoms with Crippen LogP contribution in [0.15, 0.2) is 60.7 Å². The Morgan fingerprint density at radius 3 is 2.43 bits per heavy atom. The number of carboxylic acid groups (broad SMARTS) is 1. The average molecular weight is 488 g/mol. The Kier molecular flexibility index (Phi) is 6.79. The standard InChI is InChI=1S/C22H22N4O2.C2HF3O2/c27-21(24-22-11-10-15(22)13-23-14-22)19-12-18(25-26-19)17-8-4-5-9-20(17)28-16-6-2-1-3-7-16;3-2(4,5)1(6)7/h1-9,12,15,23H,10-11,13-14H2,(H,24,27)(H,25,26);(H,6,7). The quantitative estimate of drug-likeness (QED) is 0.432. The largest absolute Gasteiger partial charge is 0.490 e. The molecule has 0 bridgehead atoms. The Labute approximate surface area is 198 Å². The zero-order valence-corrected chi connectivity index (χ0v) is 18.4. The number of carboxylic acids is 1. The molecule has 4 N–H and O–H groups in total. The van der Waals surface area contributed by atoms with Gasteiger partial charge in [0, 0.05) is 18.7 Å². The van der Waals surface area contributed by atoms with E-state index in [2.05, 4.69) is 20.8 Å². The average Bonchev–Trinajstić information content (AvgIpc) is 3.41. The molecular formula is C24H23F3N4O4. The number of nitrogens with one attached hydrogen (secondary N) is 3. The van der Waals surface area contributed by atoms with Gasteiger partial charge in [0.15, 0.2) is 5.69 Å². The lowest BCUT2D eigenvalue weighted by Gasteiger charge is -2.44. The number of hydrogen-bond donors (Lipinski definition) is 4. The molecule has 1 aromatic heterocycles. The molecule has 2 fully saturated rings. The maximum absolute atomic E-state index is 12.8. The Balaban J connectivity index is 0.000000364. The summed E-state index contributed by atoms with van der Waals surface area (Å²) in [6, 6.07) is 19.1. The molecule has 0 radical (unpaired) electrons. The summed E-state index contributed by atoms with van der Waals surface area (Å²) in [7, 11) is 0. The van der Waals surface area contributed by atoms with Crippen LogP contribution in [0.5, 0.6) is 11.5 Å². The van der Waals surface area contributed by atoms with Crippen LogP contribution in [0, 0.1) is 5.92 Å². The summed E-state index contributed by atoms with van der Waals surface area (Å²) in [6.07, 6.45) is -2.88. The molecule has 3 aromatic rings. The van der Waals surface area contributed by atoms with Crippen LogP contribution in [-0.2, 0) is 4.79 Å². The van der Waals surface area contributed by atoms with E-state index in [1.54, 1.807) is 6.07 Å². The van der Waals surface area contributed by atoms with Crippen LogP contribution in [0.1, 0.15) is 23.3 Å². The molecular weight excluding hydrogens is 465 g/mol. The molecule has 2 aliphatic rings. The van der Waals surface area contributed by atoms with E-state index in [9.17, 15) is 18.0 Å². The van der Waals surface area contributed by atoms with Crippen molar-refractivity contribution in [3.05, 3.63) is 66.4 Å². The summed E-state index contributed by atoms with van der Waals surface area (Å²) in [6.45, 7) is 1.82. The van der Waals surface area contributed by atoms with E-state index in [0.29, 0.717) is 17.4 Å². The number of alkyl halides is 3. The Bertz CT molecular complexity index is 1200. The highest BCUT2D eigenvalue weighted by Crippen LogP contribution is 2.41. The molecule has 2 atom stereocenters. The number of fused-ring (bicyclic) bond motifs is 1. The zero-order chi connectivity index (χ0) is 25.1. The van der Waals surface area contributed by atoms with E-state index < -0.39 is 12.1 Å². The number of ether oxygens (including phenoxy) is 1. The third kappa shape index (κ3) is 5.46. The first-order valence-corrected chi connectivity index (χ1v) is 10.9. The number of aromatic amines is 1. The van der Waals surface area contributed by atoms with Crippen molar-refractivity contribution in [3.8, 4) is 22.8 Å². The fourth-order valence-corrected chi connectivity index (χ4v) is 4.17. The van der Waals surface area contributed by atoms with Crippen LogP contribution in [0.25, 0.3) is 11.3 Å². The maximum atomic E-state index is 12.8. The van der Waals surface area contributed by atoms with Gasteiger partial charge in [0.2, 0.25) is 0 Å².